The van der Waals surface area contributed by atoms with Crippen LogP contribution in [0.4, 0.5) is 10.5 Å². The van der Waals surface area contributed by atoms with E-state index in [-0.39, 0.29) is 11.6 Å². The Balaban J connectivity index is 1.87. The highest BCUT2D eigenvalue weighted by Gasteiger charge is 2.28. The van der Waals surface area contributed by atoms with Gasteiger partial charge in [-0.05, 0) is 75.2 Å². The number of rotatable bonds is 6. The van der Waals surface area contributed by atoms with Gasteiger partial charge in [0.15, 0.2) is 0 Å². The van der Waals surface area contributed by atoms with E-state index in [9.17, 15) is 9.59 Å². The van der Waals surface area contributed by atoms with Crippen molar-refractivity contribution >= 4 is 34.2 Å². The van der Waals surface area contributed by atoms with Gasteiger partial charge in [-0.2, -0.15) is 0 Å². The average Bonchev–Trinajstić information content (AvgIpc) is 2.84. The zero-order chi connectivity index (χ0) is 25.1. The number of halogens is 1. The first-order valence-corrected chi connectivity index (χ1v) is 12.1. The van der Waals surface area contributed by atoms with Crippen molar-refractivity contribution in [2.45, 2.75) is 40.2 Å². The molecule has 0 bridgehead atoms. The Morgan fingerprint density at radius 2 is 1.77 bits per heavy atom. The van der Waals surface area contributed by atoms with E-state index in [0.29, 0.717) is 40.4 Å². The highest BCUT2D eigenvalue weighted by Crippen LogP contribution is 2.28. The number of hydrogen-bond acceptors (Lipinski definition) is 3. The molecule has 35 heavy (non-hydrogen) atoms. The largest absolute Gasteiger partial charge is 0.322 e. The van der Waals surface area contributed by atoms with Crippen molar-refractivity contribution in [1.29, 1.82) is 0 Å². The molecule has 4 aromatic rings. The first-order valence-electron chi connectivity index (χ1n) is 11.8. The number of benzene rings is 3. The van der Waals surface area contributed by atoms with Crippen LogP contribution in [-0.2, 0) is 0 Å². The standard InChI is InChI=1S/C28H29ClN4O2/c1-5-24(32(6-2)28(35)30-21-14-12-20(29)13-15-21)26-31-23-10-8-7-9-22(23)27(34)33(26)25-16-11-18(3)17-19(25)4/h7-17,24H,5-6H2,1-4H3,(H,30,35). The van der Waals surface area contributed by atoms with Gasteiger partial charge in [0.25, 0.3) is 5.56 Å². The molecule has 1 atom stereocenters. The third-order valence-corrected chi connectivity index (χ3v) is 6.40. The van der Waals surface area contributed by atoms with Crippen LogP contribution in [0.2, 0.25) is 5.02 Å². The molecule has 1 aromatic heterocycles. The van der Waals surface area contributed by atoms with E-state index in [1.165, 1.54) is 0 Å². The smallest absolute Gasteiger partial charge is 0.315 e. The summed E-state index contributed by atoms with van der Waals surface area (Å²) in [6.07, 6.45) is 0.581. The Hall–Kier alpha value is -3.64. The van der Waals surface area contributed by atoms with E-state index >= 15 is 0 Å². The summed E-state index contributed by atoms with van der Waals surface area (Å²) in [7, 11) is 0. The van der Waals surface area contributed by atoms with Gasteiger partial charge < -0.3 is 10.2 Å². The Labute approximate surface area is 210 Å². The second-order valence-electron chi connectivity index (χ2n) is 8.56. The molecule has 0 spiro atoms. The third kappa shape index (κ3) is 4.93. The maximum absolute atomic E-state index is 13.8. The quantitative estimate of drug-likeness (QED) is 0.330. The predicted octanol–water partition coefficient (Wildman–Crippen LogP) is 6.66. The van der Waals surface area contributed by atoms with Crippen LogP contribution in [0, 0.1) is 13.8 Å². The lowest BCUT2D eigenvalue weighted by Crippen LogP contribution is -2.40. The first kappa shape index (κ1) is 24.5. The molecular formula is C28H29ClN4O2. The van der Waals surface area contributed by atoms with Gasteiger partial charge in [-0.25, -0.2) is 9.78 Å². The molecular weight excluding hydrogens is 460 g/mol. The molecule has 0 aliphatic heterocycles. The molecule has 2 amide bonds. The lowest BCUT2D eigenvalue weighted by Gasteiger charge is -2.31. The number of hydrogen-bond donors (Lipinski definition) is 1. The zero-order valence-corrected chi connectivity index (χ0v) is 21.1. The maximum atomic E-state index is 13.8. The molecule has 1 N–H and O–H groups in total. The normalized spacial score (nSPS) is 11.9. The number of nitrogens with zero attached hydrogens (tertiary/aromatic N) is 3. The number of aromatic nitrogens is 2. The Morgan fingerprint density at radius 1 is 1.06 bits per heavy atom. The van der Waals surface area contributed by atoms with Gasteiger partial charge in [0.1, 0.15) is 5.82 Å². The molecule has 0 aliphatic rings. The predicted molar refractivity (Wildman–Crippen MR) is 143 cm³/mol. The van der Waals surface area contributed by atoms with E-state index in [0.717, 1.165) is 16.8 Å². The minimum Gasteiger partial charge on any atom is -0.315 e. The Morgan fingerprint density at radius 3 is 2.43 bits per heavy atom. The van der Waals surface area contributed by atoms with Crippen molar-refractivity contribution in [3.05, 3.63) is 99.1 Å². The van der Waals surface area contributed by atoms with Crippen LogP contribution in [0.25, 0.3) is 16.6 Å². The van der Waals surface area contributed by atoms with Crippen molar-refractivity contribution in [2.24, 2.45) is 0 Å². The van der Waals surface area contributed by atoms with E-state index in [4.69, 9.17) is 16.6 Å². The molecule has 0 fully saturated rings. The number of anilines is 1. The third-order valence-electron chi connectivity index (χ3n) is 6.15. The molecule has 0 saturated carbocycles. The summed E-state index contributed by atoms with van der Waals surface area (Å²) in [6.45, 7) is 8.36. The summed E-state index contributed by atoms with van der Waals surface area (Å²) < 4.78 is 1.67. The molecule has 0 saturated heterocycles. The number of carbonyl (C=O) groups is 1. The van der Waals surface area contributed by atoms with E-state index < -0.39 is 6.04 Å². The minimum absolute atomic E-state index is 0.148. The van der Waals surface area contributed by atoms with Gasteiger partial charge in [-0.15, -0.1) is 0 Å². The van der Waals surface area contributed by atoms with Gasteiger partial charge in [0.05, 0.1) is 22.6 Å². The fourth-order valence-electron chi connectivity index (χ4n) is 4.44. The molecule has 0 radical (unpaired) electrons. The monoisotopic (exact) mass is 488 g/mol. The Bertz CT molecular complexity index is 1430. The number of para-hydroxylation sites is 1. The number of carbonyl (C=O) groups excluding carboxylic acids is 1. The molecule has 0 aliphatic carbocycles. The van der Waals surface area contributed by atoms with Crippen LogP contribution in [0.3, 0.4) is 0 Å². The van der Waals surface area contributed by atoms with Crippen molar-refractivity contribution in [2.75, 3.05) is 11.9 Å². The van der Waals surface area contributed by atoms with Crippen molar-refractivity contribution in [3.8, 4) is 5.69 Å². The number of amides is 2. The summed E-state index contributed by atoms with van der Waals surface area (Å²) in [5, 5.41) is 4.09. The van der Waals surface area contributed by atoms with Crippen molar-refractivity contribution < 1.29 is 4.79 Å². The second kappa shape index (κ2) is 10.3. The summed E-state index contributed by atoms with van der Waals surface area (Å²) in [4.78, 5) is 33.8. The molecule has 1 heterocycles. The van der Waals surface area contributed by atoms with Crippen LogP contribution in [0.1, 0.15) is 43.3 Å². The molecule has 6 nitrogen and oxygen atoms in total. The summed E-state index contributed by atoms with van der Waals surface area (Å²) in [5.41, 5.74) is 3.95. The van der Waals surface area contributed by atoms with E-state index in [1.807, 2.05) is 64.1 Å². The van der Waals surface area contributed by atoms with E-state index in [1.54, 1.807) is 39.8 Å². The molecule has 1 unspecified atom stereocenters. The highest BCUT2D eigenvalue weighted by atomic mass is 35.5. The first-order chi connectivity index (χ1) is 16.8. The lowest BCUT2D eigenvalue weighted by atomic mass is 10.1. The fourth-order valence-corrected chi connectivity index (χ4v) is 4.56. The van der Waals surface area contributed by atoms with Gasteiger partial charge in [0.2, 0.25) is 0 Å². The molecule has 4 rings (SSSR count). The number of urea groups is 1. The van der Waals surface area contributed by atoms with Gasteiger partial charge in [0, 0.05) is 17.3 Å². The van der Waals surface area contributed by atoms with Gasteiger partial charge in [-0.3, -0.25) is 9.36 Å². The number of aryl methyl sites for hydroxylation is 2. The second-order valence-corrected chi connectivity index (χ2v) is 9.00. The molecule has 180 valence electrons. The van der Waals surface area contributed by atoms with Crippen LogP contribution in [0.15, 0.2) is 71.5 Å². The van der Waals surface area contributed by atoms with Crippen molar-refractivity contribution in [1.82, 2.24) is 14.5 Å². The molecule has 7 heteroatoms. The number of nitrogens with one attached hydrogen (secondary N) is 1. The van der Waals surface area contributed by atoms with Crippen LogP contribution >= 0.6 is 11.6 Å². The van der Waals surface area contributed by atoms with Crippen LogP contribution in [-0.4, -0.2) is 27.0 Å². The topological polar surface area (TPSA) is 67.2 Å². The van der Waals surface area contributed by atoms with Gasteiger partial charge >= 0.3 is 6.03 Å². The SMILES string of the molecule is CCC(c1nc2ccccc2c(=O)n1-c1ccc(C)cc1C)N(CC)C(=O)Nc1ccc(Cl)cc1. The molecule has 3 aromatic carbocycles. The summed E-state index contributed by atoms with van der Waals surface area (Å²) in [5.74, 6) is 0.538. The van der Waals surface area contributed by atoms with E-state index in [2.05, 4.69) is 5.32 Å². The summed E-state index contributed by atoms with van der Waals surface area (Å²) in [6, 6.07) is 19.6. The average molecular weight is 489 g/mol. The maximum Gasteiger partial charge on any atom is 0.322 e. The van der Waals surface area contributed by atoms with Crippen LogP contribution in [0.5, 0.6) is 0 Å². The highest BCUT2D eigenvalue weighted by molar-refractivity contribution is 6.30. The fraction of sp³-hybridized carbons (Fsp3) is 0.250. The van der Waals surface area contributed by atoms with Gasteiger partial charge in [-0.1, -0.05) is 48.4 Å². The minimum atomic E-state index is -0.426. The summed E-state index contributed by atoms with van der Waals surface area (Å²) >= 11 is 5.99. The Kier molecular flexibility index (Phi) is 7.22. The van der Waals surface area contributed by atoms with Crippen LogP contribution < -0.4 is 10.9 Å². The van der Waals surface area contributed by atoms with Crippen molar-refractivity contribution in [3.63, 3.8) is 0 Å². The lowest BCUT2D eigenvalue weighted by molar-refractivity contribution is 0.185. The number of fused-ring (bicyclic) bond motifs is 1. The zero-order valence-electron chi connectivity index (χ0n) is 20.4.